The highest BCUT2D eigenvalue weighted by Crippen LogP contribution is 2.38. The maximum absolute atomic E-state index is 12.8. The Morgan fingerprint density at radius 2 is 1.67 bits per heavy atom. The lowest BCUT2D eigenvalue weighted by molar-refractivity contribution is 0.209. The number of hydrogen-bond acceptors (Lipinski definition) is 1. The molecule has 0 aromatic heterocycles. The second-order valence-corrected chi connectivity index (χ2v) is 7.58. The molecule has 1 aromatic carbocycles. The summed E-state index contributed by atoms with van der Waals surface area (Å²) in [5.41, 5.74) is 1.43. The molecule has 1 nitrogen and oxygen atoms in total. The Hall–Kier alpha value is -1.05. The van der Waals surface area contributed by atoms with Gasteiger partial charge >= 0.3 is 0 Å². The van der Waals surface area contributed by atoms with Crippen molar-refractivity contribution in [3.63, 3.8) is 0 Å². The maximum Gasteiger partial charge on any atom is 0.131 e. The monoisotopic (exact) mass is 334 g/mol. The van der Waals surface area contributed by atoms with Gasteiger partial charge < -0.3 is 4.74 Å². The van der Waals surface area contributed by atoms with Crippen LogP contribution < -0.4 is 4.74 Å². The Labute approximate surface area is 148 Å². The zero-order valence-corrected chi connectivity index (χ0v) is 15.6. The fourth-order valence-corrected chi connectivity index (χ4v) is 3.87. The van der Waals surface area contributed by atoms with Gasteiger partial charge in [-0.2, -0.15) is 0 Å². The van der Waals surface area contributed by atoms with Crippen LogP contribution in [-0.4, -0.2) is 12.8 Å². The molecule has 0 spiro atoms. The number of unbranched alkanes of at least 4 members (excludes halogenated alkanes) is 4. The van der Waals surface area contributed by atoms with Gasteiger partial charge in [-0.25, -0.2) is 4.39 Å². The van der Waals surface area contributed by atoms with Crippen molar-refractivity contribution < 1.29 is 9.13 Å². The second-order valence-electron chi connectivity index (χ2n) is 7.58. The molecule has 0 N–H and O–H groups in total. The molecule has 1 unspecified atom stereocenters. The van der Waals surface area contributed by atoms with Crippen LogP contribution in [0.2, 0.25) is 0 Å². The molecule has 136 valence electrons. The van der Waals surface area contributed by atoms with Crippen LogP contribution in [0.15, 0.2) is 24.3 Å². The lowest BCUT2D eigenvalue weighted by Gasteiger charge is -2.29. The largest absolute Gasteiger partial charge is 0.491 e. The molecule has 1 fully saturated rings. The summed E-state index contributed by atoms with van der Waals surface area (Å²) in [5.74, 6) is 2.44. The summed E-state index contributed by atoms with van der Waals surface area (Å²) in [7, 11) is 0. The molecule has 0 radical (unpaired) electrons. The van der Waals surface area contributed by atoms with Crippen molar-refractivity contribution in [2.45, 2.75) is 90.1 Å². The van der Waals surface area contributed by atoms with Crippen molar-refractivity contribution in [1.82, 2.24) is 0 Å². The van der Waals surface area contributed by atoms with E-state index in [9.17, 15) is 4.39 Å². The third-order valence-corrected chi connectivity index (χ3v) is 5.39. The van der Waals surface area contributed by atoms with Crippen molar-refractivity contribution >= 4 is 0 Å². The summed E-state index contributed by atoms with van der Waals surface area (Å²) in [5, 5.41) is 0. The number of ether oxygens (including phenoxy) is 1. The Bertz CT molecular complexity index is 432. The maximum atomic E-state index is 12.8. The van der Waals surface area contributed by atoms with E-state index < -0.39 is 6.17 Å². The summed E-state index contributed by atoms with van der Waals surface area (Å²) in [6, 6.07) is 8.34. The highest BCUT2D eigenvalue weighted by Gasteiger charge is 2.22. The van der Waals surface area contributed by atoms with Crippen LogP contribution in [0.3, 0.4) is 0 Å². The molecule has 0 heterocycles. The average molecular weight is 335 g/mol. The van der Waals surface area contributed by atoms with Crippen LogP contribution in [-0.2, 0) is 0 Å². The molecule has 1 aliphatic rings. The zero-order valence-electron chi connectivity index (χ0n) is 15.6. The van der Waals surface area contributed by atoms with E-state index in [-0.39, 0.29) is 6.61 Å². The fourth-order valence-electron chi connectivity index (χ4n) is 3.87. The number of rotatable bonds is 10. The molecule has 2 heteroatoms. The predicted molar refractivity (Wildman–Crippen MR) is 101 cm³/mol. The van der Waals surface area contributed by atoms with Crippen molar-refractivity contribution in [3.8, 4) is 5.75 Å². The summed E-state index contributed by atoms with van der Waals surface area (Å²) < 4.78 is 18.2. The van der Waals surface area contributed by atoms with Gasteiger partial charge in [0, 0.05) is 0 Å². The normalized spacial score (nSPS) is 22.3. The minimum Gasteiger partial charge on any atom is -0.491 e. The molecule has 0 bridgehead atoms. The third-order valence-electron chi connectivity index (χ3n) is 5.39. The van der Waals surface area contributed by atoms with Crippen LogP contribution in [0.5, 0.6) is 5.75 Å². The summed E-state index contributed by atoms with van der Waals surface area (Å²) in [4.78, 5) is 0. The summed E-state index contributed by atoms with van der Waals surface area (Å²) >= 11 is 0. The van der Waals surface area contributed by atoms with Crippen LogP contribution >= 0.6 is 0 Å². The SMILES string of the molecule is CCCCCCC[C@H]1CC[C@H](c2ccc(OCC(C)F)cc2)CC1. The van der Waals surface area contributed by atoms with Crippen molar-refractivity contribution in [2.24, 2.45) is 5.92 Å². The molecule has 24 heavy (non-hydrogen) atoms. The van der Waals surface area contributed by atoms with Crippen LogP contribution in [0.25, 0.3) is 0 Å². The first-order valence-electron chi connectivity index (χ1n) is 10.1. The third kappa shape index (κ3) is 6.83. The standard InChI is InChI=1S/C22H35FO/c1-3-4-5-6-7-8-19-9-11-20(12-10-19)21-13-15-22(16-14-21)24-17-18(2)23/h13-16,18-20H,3-12,17H2,1-2H3/t18?,19-,20-. The number of alkyl halides is 1. The first kappa shape index (κ1) is 19.3. The first-order valence-corrected chi connectivity index (χ1v) is 10.1. The predicted octanol–water partition coefficient (Wildman–Crippen LogP) is 7.06. The Balaban J connectivity index is 1.68. The number of halogens is 1. The summed E-state index contributed by atoms with van der Waals surface area (Å²) in [6.07, 6.45) is 12.9. The minimum atomic E-state index is -0.915. The van der Waals surface area contributed by atoms with Crippen LogP contribution in [0, 0.1) is 5.92 Å². The molecule has 1 atom stereocenters. The summed E-state index contributed by atoms with van der Waals surface area (Å²) in [6.45, 7) is 3.95. The highest BCUT2D eigenvalue weighted by molar-refractivity contribution is 5.29. The molecular weight excluding hydrogens is 299 g/mol. The molecule has 2 rings (SSSR count). The van der Waals surface area contributed by atoms with Crippen molar-refractivity contribution in [1.29, 1.82) is 0 Å². The van der Waals surface area contributed by atoms with Gasteiger partial charge in [0.1, 0.15) is 18.5 Å². The van der Waals surface area contributed by atoms with Crippen molar-refractivity contribution in [2.75, 3.05) is 6.61 Å². The van der Waals surface area contributed by atoms with Gasteiger partial charge in [0.25, 0.3) is 0 Å². The Morgan fingerprint density at radius 3 is 2.29 bits per heavy atom. The zero-order chi connectivity index (χ0) is 17.2. The van der Waals surface area contributed by atoms with Gasteiger partial charge in [0.2, 0.25) is 0 Å². The van der Waals surface area contributed by atoms with Gasteiger partial charge in [-0.3, -0.25) is 0 Å². The van der Waals surface area contributed by atoms with Gasteiger partial charge in [-0.05, 0) is 62.1 Å². The minimum absolute atomic E-state index is 0.142. The van der Waals surface area contributed by atoms with E-state index in [1.165, 1.54) is 76.7 Å². The lowest BCUT2D eigenvalue weighted by atomic mass is 9.77. The van der Waals surface area contributed by atoms with Gasteiger partial charge in [0.15, 0.2) is 0 Å². The number of hydrogen-bond donors (Lipinski definition) is 0. The average Bonchev–Trinajstić information content (AvgIpc) is 2.61. The molecule has 1 saturated carbocycles. The molecule has 0 amide bonds. The fraction of sp³-hybridized carbons (Fsp3) is 0.727. The molecular formula is C22H35FO. The van der Waals surface area contributed by atoms with Crippen LogP contribution in [0.1, 0.15) is 89.5 Å². The molecule has 0 saturated heterocycles. The smallest absolute Gasteiger partial charge is 0.131 e. The highest BCUT2D eigenvalue weighted by atomic mass is 19.1. The van der Waals surface area contributed by atoms with Gasteiger partial charge in [-0.15, -0.1) is 0 Å². The molecule has 0 aliphatic heterocycles. The van der Waals surface area contributed by atoms with Crippen LogP contribution in [0.4, 0.5) is 4.39 Å². The number of benzene rings is 1. The topological polar surface area (TPSA) is 9.23 Å². The van der Waals surface area contributed by atoms with E-state index in [1.807, 2.05) is 12.1 Å². The van der Waals surface area contributed by atoms with E-state index in [0.717, 1.165) is 11.7 Å². The van der Waals surface area contributed by atoms with E-state index in [4.69, 9.17) is 4.74 Å². The van der Waals surface area contributed by atoms with Gasteiger partial charge in [0.05, 0.1) is 0 Å². The quantitative estimate of drug-likeness (QED) is 0.416. The molecule has 1 aliphatic carbocycles. The Morgan fingerprint density at radius 1 is 1.00 bits per heavy atom. The van der Waals surface area contributed by atoms with Gasteiger partial charge in [-0.1, -0.05) is 57.6 Å². The van der Waals surface area contributed by atoms with E-state index >= 15 is 0 Å². The first-order chi connectivity index (χ1) is 11.7. The Kier molecular flexibility index (Phi) is 8.63. The van der Waals surface area contributed by atoms with E-state index in [0.29, 0.717) is 5.92 Å². The van der Waals surface area contributed by atoms with E-state index in [1.54, 1.807) is 0 Å². The van der Waals surface area contributed by atoms with Crippen molar-refractivity contribution in [3.05, 3.63) is 29.8 Å². The van der Waals surface area contributed by atoms with E-state index in [2.05, 4.69) is 19.1 Å². The second kappa shape index (κ2) is 10.7. The molecule has 1 aromatic rings. The lowest BCUT2D eigenvalue weighted by Crippen LogP contribution is -2.13.